The molecule has 0 bridgehead atoms. The second-order valence-corrected chi connectivity index (χ2v) is 8.31. The van der Waals surface area contributed by atoms with Gasteiger partial charge in [-0.25, -0.2) is 0 Å². The van der Waals surface area contributed by atoms with E-state index in [1.54, 1.807) is 18.9 Å². The zero-order valence-corrected chi connectivity index (χ0v) is 16.4. The van der Waals surface area contributed by atoms with Gasteiger partial charge in [-0.3, -0.25) is 4.79 Å². The van der Waals surface area contributed by atoms with Crippen LogP contribution in [-0.4, -0.2) is 36.3 Å². The van der Waals surface area contributed by atoms with Crippen molar-refractivity contribution in [1.29, 1.82) is 0 Å². The molecule has 0 spiro atoms. The molecule has 0 saturated carbocycles. The number of piperidine rings is 1. The van der Waals surface area contributed by atoms with Crippen LogP contribution in [0.15, 0.2) is 59.5 Å². The zero-order chi connectivity index (χ0) is 18.4. The summed E-state index contributed by atoms with van der Waals surface area (Å²) in [7, 11) is 1.66. The van der Waals surface area contributed by atoms with Gasteiger partial charge in [0.15, 0.2) is 0 Å². The number of amides is 1. The van der Waals surface area contributed by atoms with Gasteiger partial charge in [0.25, 0.3) is 0 Å². The van der Waals surface area contributed by atoms with Crippen molar-refractivity contribution < 1.29 is 9.53 Å². The van der Waals surface area contributed by atoms with Crippen molar-refractivity contribution >= 4 is 17.7 Å². The lowest BCUT2D eigenvalue weighted by molar-refractivity contribution is -0.131. The van der Waals surface area contributed by atoms with Crippen molar-refractivity contribution in [2.45, 2.75) is 36.3 Å². The Morgan fingerprint density at radius 1 is 1.12 bits per heavy atom. The molecular formula is C22H27NO2S. The minimum atomic E-state index is -0.0610. The summed E-state index contributed by atoms with van der Waals surface area (Å²) in [6.07, 6.45) is 3.32. The molecule has 1 amide bonds. The molecule has 0 N–H and O–H groups in total. The predicted octanol–water partition coefficient (Wildman–Crippen LogP) is 4.66. The van der Waals surface area contributed by atoms with Gasteiger partial charge in [-0.05, 0) is 61.9 Å². The molecule has 26 heavy (non-hydrogen) atoms. The SMILES string of the molecule is COc1ccc(SC(C)C(=O)N2CCC(Cc3ccccc3)CC2)cc1. The molecule has 1 unspecified atom stereocenters. The molecule has 1 heterocycles. The molecule has 2 aromatic carbocycles. The van der Waals surface area contributed by atoms with Gasteiger partial charge in [-0.2, -0.15) is 0 Å². The first kappa shape index (κ1) is 18.8. The second-order valence-electron chi connectivity index (χ2n) is 6.89. The molecule has 2 aromatic rings. The Labute approximate surface area is 160 Å². The highest BCUT2D eigenvalue weighted by Crippen LogP contribution is 2.28. The van der Waals surface area contributed by atoms with E-state index in [2.05, 4.69) is 30.3 Å². The number of benzene rings is 2. The normalized spacial score (nSPS) is 16.3. The lowest BCUT2D eigenvalue weighted by Gasteiger charge is -2.33. The molecule has 3 rings (SSSR count). The van der Waals surface area contributed by atoms with Gasteiger partial charge < -0.3 is 9.64 Å². The fourth-order valence-corrected chi connectivity index (χ4v) is 4.42. The van der Waals surface area contributed by atoms with Crippen LogP contribution in [-0.2, 0) is 11.2 Å². The van der Waals surface area contributed by atoms with Crippen LogP contribution in [0.1, 0.15) is 25.3 Å². The maximum Gasteiger partial charge on any atom is 0.235 e. The standard InChI is InChI=1S/C22H27NO2S/c1-17(26-21-10-8-20(25-2)9-11-21)22(24)23-14-12-19(13-15-23)16-18-6-4-3-5-7-18/h3-11,17,19H,12-16H2,1-2H3. The van der Waals surface area contributed by atoms with Gasteiger partial charge in [0.1, 0.15) is 5.75 Å². The molecule has 0 aliphatic carbocycles. The number of hydrogen-bond acceptors (Lipinski definition) is 3. The number of rotatable bonds is 6. The molecule has 1 atom stereocenters. The van der Waals surface area contributed by atoms with E-state index in [0.29, 0.717) is 5.92 Å². The quantitative estimate of drug-likeness (QED) is 0.694. The minimum Gasteiger partial charge on any atom is -0.497 e. The van der Waals surface area contributed by atoms with Gasteiger partial charge in [-0.15, -0.1) is 11.8 Å². The lowest BCUT2D eigenvalue weighted by atomic mass is 9.90. The predicted molar refractivity (Wildman–Crippen MR) is 108 cm³/mol. The number of carbonyl (C=O) groups is 1. The number of methoxy groups -OCH3 is 1. The Hall–Kier alpha value is -1.94. The van der Waals surface area contributed by atoms with Crippen LogP contribution in [0.4, 0.5) is 0 Å². The largest absolute Gasteiger partial charge is 0.497 e. The third-order valence-corrected chi connectivity index (χ3v) is 6.11. The molecule has 4 heteroatoms. The Morgan fingerprint density at radius 2 is 1.77 bits per heavy atom. The van der Waals surface area contributed by atoms with Crippen LogP contribution in [0, 0.1) is 5.92 Å². The van der Waals surface area contributed by atoms with Crippen LogP contribution in [0.25, 0.3) is 0 Å². The van der Waals surface area contributed by atoms with Gasteiger partial charge in [0.05, 0.1) is 12.4 Å². The first-order chi connectivity index (χ1) is 12.7. The molecule has 0 aromatic heterocycles. The van der Waals surface area contributed by atoms with E-state index in [0.717, 1.165) is 43.0 Å². The van der Waals surface area contributed by atoms with Gasteiger partial charge >= 0.3 is 0 Å². The summed E-state index contributed by atoms with van der Waals surface area (Å²) in [6, 6.07) is 18.6. The van der Waals surface area contributed by atoms with Crippen LogP contribution in [0.2, 0.25) is 0 Å². The van der Waals surface area contributed by atoms with Crippen LogP contribution < -0.4 is 4.74 Å². The fraction of sp³-hybridized carbons (Fsp3) is 0.409. The molecule has 1 aliphatic heterocycles. The van der Waals surface area contributed by atoms with Crippen molar-refractivity contribution in [2.24, 2.45) is 5.92 Å². The average Bonchev–Trinajstić information content (AvgIpc) is 2.69. The van der Waals surface area contributed by atoms with E-state index in [1.807, 2.05) is 36.1 Å². The van der Waals surface area contributed by atoms with Crippen molar-refractivity contribution in [1.82, 2.24) is 4.90 Å². The molecule has 3 nitrogen and oxygen atoms in total. The van der Waals surface area contributed by atoms with Crippen LogP contribution in [0.3, 0.4) is 0 Å². The number of thioether (sulfide) groups is 1. The third-order valence-electron chi connectivity index (χ3n) is 5.01. The molecule has 138 valence electrons. The minimum absolute atomic E-state index is 0.0610. The summed E-state index contributed by atoms with van der Waals surface area (Å²) >= 11 is 1.62. The first-order valence-electron chi connectivity index (χ1n) is 9.29. The maximum atomic E-state index is 12.8. The summed E-state index contributed by atoms with van der Waals surface area (Å²) < 4.78 is 5.18. The number of hydrogen-bond donors (Lipinski definition) is 0. The van der Waals surface area contributed by atoms with E-state index >= 15 is 0 Å². The summed E-state index contributed by atoms with van der Waals surface area (Å²) in [5.41, 5.74) is 1.40. The second kappa shape index (κ2) is 9.13. The average molecular weight is 370 g/mol. The van der Waals surface area contributed by atoms with Gasteiger partial charge in [0.2, 0.25) is 5.91 Å². The highest BCUT2D eigenvalue weighted by atomic mass is 32.2. The summed E-state index contributed by atoms with van der Waals surface area (Å²) in [5, 5.41) is -0.0610. The topological polar surface area (TPSA) is 29.5 Å². The first-order valence-corrected chi connectivity index (χ1v) is 10.2. The number of likely N-dealkylation sites (tertiary alicyclic amines) is 1. The molecule has 1 fully saturated rings. The Kier molecular flexibility index (Phi) is 6.62. The fourth-order valence-electron chi connectivity index (χ4n) is 3.47. The molecule has 1 aliphatic rings. The van der Waals surface area contributed by atoms with Crippen LogP contribution in [0.5, 0.6) is 5.75 Å². The summed E-state index contributed by atoms with van der Waals surface area (Å²) in [6.45, 7) is 3.76. The highest BCUT2D eigenvalue weighted by Gasteiger charge is 2.26. The zero-order valence-electron chi connectivity index (χ0n) is 15.6. The molecular weight excluding hydrogens is 342 g/mol. The smallest absolute Gasteiger partial charge is 0.235 e. The van der Waals surface area contributed by atoms with Crippen molar-refractivity contribution in [3.05, 3.63) is 60.2 Å². The Balaban J connectivity index is 1.47. The monoisotopic (exact) mass is 369 g/mol. The van der Waals surface area contributed by atoms with Crippen molar-refractivity contribution in [3.63, 3.8) is 0 Å². The Morgan fingerprint density at radius 3 is 2.38 bits per heavy atom. The molecule has 0 radical (unpaired) electrons. The maximum absolute atomic E-state index is 12.8. The number of ether oxygens (including phenoxy) is 1. The lowest BCUT2D eigenvalue weighted by Crippen LogP contribution is -2.42. The van der Waals surface area contributed by atoms with E-state index < -0.39 is 0 Å². The van der Waals surface area contributed by atoms with E-state index in [1.165, 1.54) is 5.56 Å². The highest BCUT2D eigenvalue weighted by molar-refractivity contribution is 8.00. The van der Waals surface area contributed by atoms with Gasteiger partial charge in [0, 0.05) is 18.0 Å². The molecule has 1 saturated heterocycles. The number of nitrogens with zero attached hydrogens (tertiary/aromatic N) is 1. The van der Waals surface area contributed by atoms with Gasteiger partial charge in [-0.1, -0.05) is 30.3 Å². The van der Waals surface area contributed by atoms with E-state index in [4.69, 9.17) is 4.74 Å². The summed E-state index contributed by atoms with van der Waals surface area (Å²) in [4.78, 5) is 15.9. The van der Waals surface area contributed by atoms with Crippen molar-refractivity contribution in [2.75, 3.05) is 20.2 Å². The summed E-state index contributed by atoms with van der Waals surface area (Å²) in [5.74, 6) is 1.78. The van der Waals surface area contributed by atoms with Crippen LogP contribution >= 0.6 is 11.8 Å². The Bertz CT molecular complexity index is 694. The van der Waals surface area contributed by atoms with Crippen molar-refractivity contribution in [3.8, 4) is 5.75 Å². The number of carbonyl (C=O) groups excluding carboxylic acids is 1. The third kappa shape index (κ3) is 5.04. The van der Waals surface area contributed by atoms with E-state index in [9.17, 15) is 4.79 Å². The van der Waals surface area contributed by atoms with E-state index in [-0.39, 0.29) is 11.2 Å².